The molecule has 1 N–H and O–H groups in total. The fourth-order valence-electron chi connectivity index (χ4n) is 2.86. The predicted octanol–water partition coefficient (Wildman–Crippen LogP) is 4.05. The third-order valence-electron chi connectivity index (χ3n) is 4.02. The number of benzene rings is 2. The molecule has 4 nitrogen and oxygen atoms in total. The Hall–Kier alpha value is -1.72. The minimum atomic E-state index is -3.60. The van der Waals surface area contributed by atoms with E-state index in [0.717, 1.165) is 18.7 Å². The first-order valence-electron chi connectivity index (χ1n) is 7.60. The van der Waals surface area contributed by atoms with Crippen molar-refractivity contribution in [1.82, 2.24) is 0 Å². The minimum absolute atomic E-state index is 0.197. The van der Waals surface area contributed by atoms with Crippen molar-refractivity contribution >= 4 is 33.0 Å². The molecule has 0 aromatic heterocycles. The summed E-state index contributed by atoms with van der Waals surface area (Å²) in [5.74, 6) is 0. The molecular weight excluding hydrogens is 332 g/mol. The summed E-state index contributed by atoms with van der Waals surface area (Å²) in [6.45, 7) is 4.14. The molecule has 3 rings (SSSR count). The lowest BCUT2D eigenvalue weighted by Gasteiger charge is -2.21. The molecule has 6 heteroatoms. The van der Waals surface area contributed by atoms with Crippen LogP contribution in [-0.2, 0) is 10.0 Å². The molecule has 0 aliphatic carbocycles. The number of rotatable bonds is 4. The average Bonchev–Trinajstić information content (AvgIpc) is 3.01. The second kappa shape index (κ2) is 6.42. The van der Waals surface area contributed by atoms with E-state index in [9.17, 15) is 8.42 Å². The van der Waals surface area contributed by atoms with Gasteiger partial charge >= 0.3 is 0 Å². The minimum Gasteiger partial charge on any atom is -0.371 e. The summed E-state index contributed by atoms with van der Waals surface area (Å²) in [4.78, 5) is 2.54. The van der Waals surface area contributed by atoms with Gasteiger partial charge in [0.2, 0.25) is 0 Å². The highest BCUT2D eigenvalue weighted by molar-refractivity contribution is 7.92. The first-order chi connectivity index (χ1) is 11.0. The quantitative estimate of drug-likeness (QED) is 0.905. The molecule has 23 heavy (non-hydrogen) atoms. The molecule has 1 saturated heterocycles. The Kier molecular flexibility index (Phi) is 4.50. The molecular formula is C17H19ClN2O2S. The van der Waals surface area contributed by atoms with Crippen molar-refractivity contribution in [3.8, 4) is 0 Å². The number of anilines is 2. The Balaban J connectivity index is 1.82. The summed E-state index contributed by atoms with van der Waals surface area (Å²) < 4.78 is 27.4. The summed E-state index contributed by atoms with van der Waals surface area (Å²) >= 11 is 5.80. The zero-order valence-electron chi connectivity index (χ0n) is 12.9. The molecule has 2 aromatic carbocycles. The Bertz CT molecular complexity index is 798. The maximum atomic E-state index is 12.4. The standard InChI is InChI=1S/C17H19ClN2O2S/c1-13-12-15(6-9-17(13)20-10-2-3-11-20)19-23(21,22)16-7-4-14(18)5-8-16/h4-9,12,19H,2-3,10-11H2,1H3. The molecule has 1 aliphatic rings. The third-order valence-corrected chi connectivity index (χ3v) is 5.67. The Morgan fingerprint density at radius 3 is 2.30 bits per heavy atom. The van der Waals surface area contributed by atoms with Gasteiger partial charge in [-0.15, -0.1) is 0 Å². The maximum Gasteiger partial charge on any atom is 0.261 e. The van der Waals surface area contributed by atoms with Crippen molar-refractivity contribution in [1.29, 1.82) is 0 Å². The lowest BCUT2D eigenvalue weighted by atomic mass is 10.1. The zero-order valence-corrected chi connectivity index (χ0v) is 14.5. The van der Waals surface area contributed by atoms with Gasteiger partial charge in [0.1, 0.15) is 0 Å². The average molecular weight is 351 g/mol. The highest BCUT2D eigenvalue weighted by Gasteiger charge is 2.17. The molecule has 0 atom stereocenters. The van der Waals surface area contributed by atoms with Crippen LogP contribution in [0.15, 0.2) is 47.4 Å². The molecule has 0 bridgehead atoms. The molecule has 0 saturated carbocycles. The summed E-state index contributed by atoms with van der Waals surface area (Å²) in [6.07, 6.45) is 2.43. The van der Waals surface area contributed by atoms with Gasteiger partial charge in [-0.05, 0) is 67.8 Å². The van der Waals surface area contributed by atoms with Crippen molar-refractivity contribution in [3.63, 3.8) is 0 Å². The van der Waals surface area contributed by atoms with E-state index >= 15 is 0 Å². The van der Waals surface area contributed by atoms with Crippen molar-refractivity contribution in [3.05, 3.63) is 53.1 Å². The zero-order chi connectivity index (χ0) is 16.4. The Morgan fingerprint density at radius 2 is 1.70 bits per heavy atom. The van der Waals surface area contributed by atoms with Gasteiger partial charge in [-0.3, -0.25) is 4.72 Å². The molecule has 0 radical (unpaired) electrons. The molecule has 1 fully saturated rings. The monoisotopic (exact) mass is 350 g/mol. The summed E-state index contributed by atoms with van der Waals surface area (Å²) in [5.41, 5.74) is 2.82. The van der Waals surface area contributed by atoms with Crippen LogP contribution in [0.1, 0.15) is 18.4 Å². The molecule has 1 heterocycles. The normalized spacial score (nSPS) is 15.0. The number of hydrogen-bond donors (Lipinski definition) is 1. The van der Waals surface area contributed by atoms with E-state index in [4.69, 9.17) is 11.6 Å². The largest absolute Gasteiger partial charge is 0.371 e. The van der Waals surface area contributed by atoms with Crippen LogP contribution in [-0.4, -0.2) is 21.5 Å². The first-order valence-corrected chi connectivity index (χ1v) is 9.46. The Labute approximate surface area is 142 Å². The molecule has 0 amide bonds. The number of sulfonamides is 1. The van der Waals surface area contributed by atoms with Crippen molar-refractivity contribution in [2.24, 2.45) is 0 Å². The van der Waals surface area contributed by atoms with Crippen LogP contribution in [0.4, 0.5) is 11.4 Å². The second-order valence-electron chi connectivity index (χ2n) is 5.75. The summed E-state index contributed by atoms with van der Waals surface area (Å²) in [5, 5.41) is 0.509. The van der Waals surface area contributed by atoms with Crippen LogP contribution in [0.5, 0.6) is 0 Å². The molecule has 122 valence electrons. The van der Waals surface area contributed by atoms with Gasteiger partial charge in [0.05, 0.1) is 4.90 Å². The van der Waals surface area contributed by atoms with Crippen LogP contribution in [0.25, 0.3) is 0 Å². The van der Waals surface area contributed by atoms with Crippen LogP contribution in [0, 0.1) is 6.92 Å². The fraction of sp³-hybridized carbons (Fsp3) is 0.294. The lowest BCUT2D eigenvalue weighted by Crippen LogP contribution is -2.19. The second-order valence-corrected chi connectivity index (χ2v) is 7.87. The van der Waals surface area contributed by atoms with E-state index in [1.165, 1.54) is 30.7 Å². The third kappa shape index (κ3) is 3.62. The number of halogens is 1. The van der Waals surface area contributed by atoms with Crippen LogP contribution >= 0.6 is 11.6 Å². The van der Waals surface area contributed by atoms with Gasteiger partial charge in [-0.1, -0.05) is 11.6 Å². The van der Waals surface area contributed by atoms with Crippen molar-refractivity contribution in [2.45, 2.75) is 24.7 Å². The number of nitrogens with one attached hydrogen (secondary N) is 1. The van der Waals surface area contributed by atoms with Gasteiger partial charge in [0.15, 0.2) is 0 Å². The number of aryl methyl sites for hydroxylation is 1. The van der Waals surface area contributed by atoms with E-state index < -0.39 is 10.0 Å². The molecule has 0 unspecified atom stereocenters. The highest BCUT2D eigenvalue weighted by atomic mass is 35.5. The van der Waals surface area contributed by atoms with Crippen molar-refractivity contribution < 1.29 is 8.42 Å². The Morgan fingerprint density at radius 1 is 1.04 bits per heavy atom. The van der Waals surface area contributed by atoms with Gasteiger partial charge in [0, 0.05) is 29.5 Å². The van der Waals surface area contributed by atoms with Crippen molar-refractivity contribution in [2.75, 3.05) is 22.7 Å². The van der Waals surface area contributed by atoms with Crippen LogP contribution < -0.4 is 9.62 Å². The van der Waals surface area contributed by atoms with Gasteiger partial charge in [-0.25, -0.2) is 8.42 Å². The highest BCUT2D eigenvalue weighted by Crippen LogP contribution is 2.27. The smallest absolute Gasteiger partial charge is 0.261 e. The summed E-state index contributed by atoms with van der Waals surface area (Å²) in [6, 6.07) is 11.8. The number of nitrogens with zero attached hydrogens (tertiary/aromatic N) is 1. The van der Waals surface area contributed by atoms with Crippen LogP contribution in [0.3, 0.4) is 0 Å². The van der Waals surface area contributed by atoms with Gasteiger partial charge in [0.25, 0.3) is 10.0 Å². The van der Waals surface area contributed by atoms with E-state index in [2.05, 4.69) is 9.62 Å². The van der Waals surface area contributed by atoms with Gasteiger partial charge < -0.3 is 4.90 Å². The topological polar surface area (TPSA) is 49.4 Å². The van der Waals surface area contributed by atoms with E-state index in [-0.39, 0.29) is 4.90 Å². The maximum absolute atomic E-state index is 12.4. The van der Waals surface area contributed by atoms with Gasteiger partial charge in [-0.2, -0.15) is 0 Å². The van der Waals surface area contributed by atoms with Crippen LogP contribution in [0.2, 0.25) is 5.02 Å². The lowest BCUT2D eigenvalue weighted by molar-refractivity contribution is 0.601. The number of hydrogen-bond acceptors (Lipinski definition) is 3. The predicted molar refractivity (Wildman–Crippen MR) is 94.9 cm³/mol. The van der Waals surface area contributed by atoms with E-state index in [0.29, 0.717) is 10.7 Å². The van der Waals surface area contributed by atoms with E-state index in [1.807, 2.05) is 25.1 Å². The van der Waals surface area contributed by atoms with E-state index in [1.54, 1.807) is 12.1 Å². The molecule has 0 spiro atoms. The fourth-order valence-corrected chi connectivity index (χ4v) is 4.04. The molecule has 2 aromatic rings. The SMILES string of the molecule is Cc1cc(NS(=O)(=O)c2ccc(Cl)cc2)ccc1N1CCCC1. The molecule has 1 aliphatic heterocycles. The first kappa shape index (κ1) is 16.1. The summed E-state index contributed by atoms with van der Waals surface area (Å²) in [7, 11) is -3.60.